The molecule has 0 saturated carbocycles. The molecule has 2 heteroatoms. The highest BCUT2D eigenvalue weighted by atomic mass is 16.4. The monoisotopic (exact) mass is 276 g/mol. The molecule has 3 rings (SSSR count). The minimum Gasteiger partial charge on any atom is -0.478 e. The highest BCUT2D eigenvalue weighted by Crippen LogP contribution is 2.17. The van der Waals surface area contributed by atoms with Gasteiger partial charge in [0.15, 0.2) is 0 Å². The Morgan fingerprint density at radius 3 is 2.24 bits per heavy atom. The number of carbonyl (C=O) groups is 1. The molecule has 0 fully saturated rings. The fourth-order valence-corrected chi connectivity index (χ4v) is 2.54. The third-order valence-corrected chi connectivity index (χ3v) is 3.69. The Morgan fingerprint density at radius 2 is 1.48 bits per heavy atom. The van der Waals surface area contributed by atoms with Gasteiger partial charge in [0.2, 0.25) is 0 Å². The van der Waals surface area contributed by atoms with Gasteiger partial charge in [0.1, 0.15) is 0 Å². The third kappa shape index (κ3) is 3.11. The van der Waals surface area contributed by atoms with Crippen molar-refractivity contribution >= 4 is 16.7 Å². The van der Waals surface area contributed by atoms with Gasteiger partial charge in [-0.05, 0) is 46.9 Å². The Morgan fingerprint density at radius 1 is 0.762 bits per heavy atom. The van der Waals surface area contributed by atoms with Crippen molar-refractivity contribution < 1.29 is 9.90 Å². The van der Waals surface area contributed by atoms with E-state index in [1.54, 1.807) is 18.2 Å². The fraction of sp³-hybridized carbons (Fsp3) is 0.105. The molecule has 0 aliphatic carbocycles. The quantitative estimate of drug-likeness (QED) is 0.770. The van der Waals surface area contributed by atoms with Crippen molar-refractivity contribution in [1.82, 2.24) is 0 Å². The number of fused-ring (bicyclic) bond motifs is 1. The summed E-state index contributed by atoms with van der Waals surface area (Å²) in [6.07, 6.45) is 1.76. The maximum atomic E-state index is 11.0. The number of aryl methyl sites for hydroxylation is 2. The van der Waals surface area contributed by atoms with E-state index >= 15 is 0 Å². The average molecular weight is 276 g/mol. The van der Waals surface area contributed by atoms with Crippen LogP contribution in [0.25, 0.3) is 10.8 Å². The molecule has 104 valence electrons. The maximum absolute atomic E-state index is 11.0. The van der Waals surface area contributed by atoms with Crippen molar-refractivity contribution in [2.75, 3.05) is 0 Å². The first-order valence-corrected chi connectivity index (χ1v) is 7.02. The fourth-order valence-electron chi connectivity index (χ4n) is 2.54. The van der Waals surface area contributed by atoms with E-state index in [4.69, 9.17) is 5.11 Å². The smallest absolute Gasteiger partial charge is 0.335 e. The molecule has 2 nitrogen and oxygen atoms in total. The molecule has 1 N–H and O–H groups in total. The number of carboxylic acid groups (broad SMARTS) is 1. The van der Waals surface area contributed by atoms with Crippen LogP contribution < -0.4 is 0 Å². The zero-order valence-corrected chi connectivity index (χ0v) is 11.6. The van der Waals surface area contributed by atoms with E-state index in [9.17, 15) is 4.79 Å². The summed E-state index contributed by atoms with van der Waals surface area (Å²) in [6.45, 7) is 0. The molecule has 0 saturated heterocycles. The van der Waals surface area contributed by atoms with E-state index in [0.29, 0.717) is 5.56 Å². The zero-order chi connectivity index (χ0) is 14.7. The maximum Gasteiger partial charge on any atom is 0.335 e. The molecular formula is C19H16O2. The first kappa shape index (κ1) is 13.4. The molecular weight excluding hydrogens is 260 g/mol. The van der Waals surface area contributed by atoms with E-state index in [1.165, 1.54) is 16.3 Å². The molecule has 0 spiro atoms. The summed E-state index contributed by atoms with van der Waals surface area (Å²) in [7, 11) is 0. The van der Waals surface area contributed by atoms with Gasteiger partial charge in [-0.2, -0.15) is 0 Å². The number of carboxylic acids is 1. The Hall–Kier alpha value is -2.61. The van der Waals surface area contributed by atoms with Crippen LogP contribution in [0, 0.1) is 0 Å². The molecule has 0 aromatic heterocycles. The second-order valence-electron chi connectivity index (χ2n) is 5.19. The van der Waals surface area contributed by atoms with Gasteiger partial charge in [0.25, 0.3) is 0 Å². The van der Waals surface area contributed by atoms with Crippen molar-refractivity contribution in [3.8, 4) is 0 Å². The summed E-state index contributed by atoms with van der Waals surface area (Å²) >= 11 is 0. The summed E-state index contributed by atoms with van der Waals surface area (Å²) in [4.78, 5) is 11.0. The lowest BCUT2D eigenvalue weighted by molar-refractivity contribution is 0.0697. The van der Waals surface area contributed by atoms with Crippen molar-refractivity contribution in [3.05, 3.63) is 83.4 Å². The van der Waals surface area contributed by atoms with Crippen molar-refractivity contribution in [3.63, 3.8) is 0 Å². The number of hydrogen-bond donors (Lipinski definition) is 1. The van der Waals surface area contributed by atoms with Gasteiger partial charge in [0, 0.05) is 0 Å². The summed E-state index contributed by atoms with van der Waals surface area (Å²) in [5.41, 5.74) is 2.68. The van der Waals surface area contributed by atoms with Crippen LogP contribution in [0.3, 0.4) is 0 Å². The highest BCUT2D eigenvalue weighted by molar-refractivity contribution is 5.87. The number of benzene rings is 3. The summed E-state index contributed by atoms with van der Waals surface area (Å²) in [5.74, 6) is -0.873. The molecule has 0 aliphatic heterocycles. The van der Waals surface area contributed by atoms with E-state index in [0.717, 1.165) is 18.4 Å². The van der Waals surface area contributed by atoms with Crippen LogP contribution in [0.15, 0.2) is 66.7 Å². The standard InChI is InChI=1S/C19H16O2/c20-19(21)18-7-3-4-14(13-18)8-9-15-10-11-16-5-1-2-6-17(16)12-15/h1-7,10-13H,8-9H2,(H,20,21). The molecule has 0 radical (unpaired) electrons. The number of rotatable bonds is 4. The average Bonchev–Trinajstić information content (AvgIpc) is 2.53. The predicted octanol–water partition coefficient (Wildman–Crippen LogP) is 4.32. The Bertz CT molecular complexity index is 790. The molecule has 3 aromatic carbocycles. The lowest BCUT2D eigenvalue weighted by atomic mass is 10.0. The molecule has 0 bridgehead atoms. The highest BCUT2D eigenvalue weighted by Gasteiger charge is 2.03. The number of aromatic carboxylic acids is 1. The van der Waals surface area contributed by atoms with Crippen LogP contribution in [0.4, 0.5) is 0 Å². The van der Waals surface area contributed by atoms with Gasteiger partial charge in [-0.25, -0.2) is 4.79 Å². The van der Waals surface area contributed by atoms with E-state index < -0.39 is 5.97 Å². The van der Waals surface area contributed by atoms with Gasteiger partial charge in [0.05, 0.1) is 5.56 Å². The Balaban J connectivity index is 1.77. The van der Waals surface area contributed by atoms with Crippen LogP contribution in [-0.4, -0.2) is 11.1 Å². The molecule has 0 unspecified atom stereocenters. The van der Waals surface area contributed by atoms with E-state index in [2.05, 4.69) is 30.3 Å². The van der Waals surface area contributed by atoms with Crippen molar-refractivity contribution in [2.24, 2.45) is 0 Å². The van der Waals surface area contributed by atoms with Crippen LogP contribution >= 0.6 is 0 Å². The first-order chi connectivity index (χ1) is 10.2. The van der Waals surface area contributed by atoms with Crippen LogP contribution in [0.1, 0.15) is 21.5 Å². The van der Waals surface area contributed by atoms with E-state index in [-0.39, 0.29) is 0 Å². The minimum absolute atomic E-state index is 0.353. The molecule has 0 heterocycles. The van der Waals surface area contributed by atoms with Gasteiger partial charge in [-0.1, -0.05) is 54.6 Å². The second kappa shape index (κ2) is 5.80. The second-order valence-corrected chi connectivity index (χ2v) is 5.19. The lowest BCUT2D eigenvalue weighted by Crippen LogP contribution is -1.98. The lowest BCUT2D eigenvalue weighted by Gasteiger charge is -2.05. The van der Waals surface area contributed by atoms with Crippen LogP contribution in [0.5, 0.6) is 0 Å². The zero-order valence-electron chi connectivity index (χ0n) is 11.6. The molecule has 0 atom stereocenters. The summed E-state index contributed by atoms with van der Waals surface area (Å²) in [6, 6.07) is 22.0. The molecule has 3 aromatic rings. The topological polar surface area (TPSA) is 37.3 Å². The summed E-state index contributed by atoms with van der Waals surface area (Å²) < 4.78 is 0. The largest absolute Gasteiger partial charge is 0.478 e. The van der Waals surface area contributed by atoms with Gasteiger partial charge in [-0.3, -0.25) is 0 Å². The van der Waals surface area contributed by atoms with Crippen LogP contribution in [-0.2, 0) is 12.8 Å². The molecule has 0 aliphatic rings. The SMILES string of the molecule is O=C(O)c1cccc(CCc2ccc3ccccc3c2)c1. The predicted molar refractivity (Wildman–Crippen MR) is 84.8 cm³/mol. The van der Waals surface area contributed by atoms with Crippen LogP contribution in [0.2, 0.25) is 0 Å². The molecule has 0 amide bonds. The summed E-state index contributed by atoms with van der Waals surface area (Å²) in [5, 5.41) is 11.5. The first-order valence-electron chi connectivity index (χ1n) is 7.02. The minimum atomic E-state index is -0.873. The van der Waals surface area contributed by atoms with Crippen molar-refractivity contribution in [2.45, 2.75) is 12.8 Å². The number of hydrogen-bond acceptors (Lipinski definition) is 1. The Kier molecular flexibility index (Phi) is 3.69. The Labute approximate surface area is 123 Å². The van der Waals surface area contributed by atoms with Gasteiger partial charge < -0.3 is 5.11 Å². The van der Waals surface area contributed by atoms with Gasteiger partial charge >= 0.3 is 5.97 Å². The third-order valence-electron chi connectivity index (χ3n) is 3.69. The van der Waals surface area contributed by atoms with Gasteiger partial charge in [-0.15, -0.1) is 0 Å². The molecule has 21 heavy (non-hydrogen) atoms. The van der Waals surface area contributed by atoms with Crippen molar-refractivity contribution in [1.29, 1.82) is 0 Å². The van der Waals surface area contributed by atoms with E-state index in [1.807, 2.05) is 18.2 Å². The normalized spacial score (nSPS) is 10.7.